The monoisotopic (exact) mass is 427 g/mol. The van der Waals surface area contributed by atoms with E-state index in [1.54, 1.807) is 0 Å². The Morgan fingerprint density at radius 2 is 2.07 bits per heavy atom. The van der Waals surface area contributed by atoms with Gasteiger partial charge >= 0.3 is 0 Å². The van der Waals surface area contributed by atoms with E-state index in [4.69, 9.17) is 9.47 Å². The smallest absolute Gasteiger partial charge is 0.259 e. The van der Waals surface area contributed by atoms with Crippen LogP contribution >= 0.6 is 13.5 Å². The second-order valence-electron chi connectivity index (χ2n) is 6.34. The highest BCUT2D eigenvalue weighted by atomic mass is 32.2. The largest absolute Gasteiger partial charge is 0.496 e. The third-order valence-corrected chi connectivity index (χ3v) is 6.22. The number of anilines is 1. The first-order valence-corrected chi connectivity index (χ1v) is 10.1. The molecule has 9 heteroatoms. The van der Waals surface area contributed by atoms with Crippen molar-refractivity contribution in [1.82, 2.24) is 0 Å². The summed E-state index contributed by atoms with van der Waals surface area (Å²) in [5.41, 5.74) is 0.323. The van der Waals surface area contributed by atoms with E-state index in [9.17, 15) is 17.6 Å². The second kappa shape index (κ2) is 9.40. The maximum Gasteiger partial charge on any atom is 0.259 e. The molecule has 0 aliphatic carbocycles. The minimum absolute atomic E-state index is 0. The summed E-state index contributed by atoms with van der Waals surface area (Å²) in [5.74, 6) is -0.938. The molecule has 0 radical (unpaired) electrons. The molecule has 0 saturated carbocycles. The lowest BCUT2D eigenvalue weighted by Gasteiger charge is -2.13. The number of sulfone groups is 1. The standard InChI is InChI=1S/C19H20FNO5S.H2S/c1-25-18-6-5-16(27(23,24)12-13-7-8-26-11-13)10-17(18)19(22)21-15-4-2-3-14(20)9-15;/h2-6,9-10,13H,7-8,11-12H2,1H3,(H,21,22);1H2/t13-;/m0./s1. The van der Waals surface area contributed by atoms with Crippen molar-refractivity contribution in [3.8, 4) is 5.75 Å². The fraction of sp³-hybridized carbons (Fsp3) is 0.316. The lowest BCUT2D eigenvalue weighted by molar-refractivity contribution is 0.102. The molecular formula is C19H22FNO5S2. The van der Waals surface area contributed by atoms with Gasteiger partial charge in [0.25, 0.3) is 5.91 Å². The van der Waals surface area contributed by atoms with Crippen molar-refractivity contribution in [3.63, 3.8) is 0 Å². The number of ether oxygens (including phenoxy) is 2. The minimum atomic E-state index is -3.58. The van der Waals surface area contributed by atoms with E-state index in [1.807, 2.05) is 0 Å². The average molecular weight is 428 g/mol. The van der Waals surface area contributed by atoms with Crippen LogP contribution in [0.25, 0.3) is 0 Å². The molecule has 0 aromatic heterocycles. The summed E-state index contributed by atoms with van der Waals surface area (Å²) >= 11 is 0. The predicted octanol–water partition coefficient (Wildman–Crippen LogP) is 3.01. The lowest BCUT2D eigenvalue weighted by Crippen LogP contribution is -2.18. The van der Waals surface area contributed by atoms with Gasteiger partial charge in [0.05, 0.1) is 29.9 Å². The molecule has 3 rings (SSSR count). The number of carbonyl (C=O) groups is 1. The molecule has 2 aromatic rings. The molecule has 0 bridgehead atoms. The van der Waals surface area contributed by atoms with Gasteiger partial charge in [-0.3, -0.25) is 4.79 Å². The van der Waals surface area contributed by atoms with E-state index in [0.717, 1.165) is 0 Å². The van der Waals surface area contributed by atoms with E-state index in [-0.39, 0.29) is 47.1 Å². The summed E-state index contributed by atoms with van der Waals surface area (Å²) in [5, 5.41) is 2.55. The molecule has 0 spiro atoms. The van der Waals surface area contributed by atoms with Crippen LogP contribution < -0.4 is 10.1 Å². The van der Waals surface area contributed by atoms with Crippen molar-refractivity contribution >= 4 is 34.9 Å². The zero-order chi connectivity index (χ0) is 19.4. The van der Waals surface area contributed by atoms with Crippen molar-refractivity contribution in [3.05, 3.63) is 53.8 Å². The molecule has 1 aliphatic rings. The van der Waals surface area contributed by atoms with Crippen LogP contribution in [0.5, 0.6) is 5.75 Å². The number of halogens is 1. The van der Waals surface area contributed by atoms with Crippen LogP contribution in [0.3, 0.4) is 0 Å². The Bertz CT molecular complexity index is 943. The fourth-order valence-corrected chi connectivity index (χ4v) is 4.59. The Morgan fingerprint density at radius 3 is 2.71 bits per heavy atom. The molecule has 1 fully saturated rings. The van der Waals surface area contributed by atoms with Crippen LogP contribution in [0.4, 0.5) is 10.1 Å². The van der Waals surface area contributed by atoms with E-state index in [1.165, 1.54) is 49.6 Å². The Morgan fingerprint density at radius 1 is 1.29 bits per heavy atom. The number of benzene rings is 2. The Hall–Kier alpha value is -2.10. The van der Waals surface area contributed by atoms with Gasteiger partial charge in [-0.2, -0.15) is 13.5 Å². The topological polar surface area (TPSA) is 81.7 Å². The predicted molar refractivity (Wildman–Crippen MR) is 109 cm³/mol. The van der Waals surface area contributed by atoms with E-state index >= 15 is 0 Å². The van der Waals surface area contributed by atoms with Gasteiger partial charge in [-0.05, 0) is 48.7 Å². The maximum atomic E-state index is 13.3. The minimum Gasteiger partial charge on any atom is -0.496 e. The fourth-order valence-electron chi connectivity index (χ4n) is 2.94. The van der Waals surface area contributed by atoms with Crippen molar-refractivity contribution in [1.29, 1.82) is 0 Å². The van der Waals surface area contributed by atoms with Gasteiger partial charge in [-0.1, -0.05) is 6.07 Å². The lowest BCUT2D eigenvalue weighted by atomic mass is 10.1. The van der Waals surface area contributed by atoms with Crippen molar-refractivity contribution in [2.75, 3.05) is 31.4 Å². The molecule has 1 heterocycles. The highest BCUT2D eigenvalue weighted by Crippen LogP contribution is 2.26. The number of hydrogen-bond acceptors (Lipinski definition) is 5. The van der Waals surface area contributed by atoms with Gasteiger partial charge in [0.1, 0.15) is 11.6 Å². The summed E-state index contributed by atoms with van der Waals surface area (Å²) in [4.78, 5) is 12.6. The van der Waals surface area contributed by atoms with Crippen molar-refractivity contribution < 1.29 is 27.1 Å². The summed E-state index contributed by atoms with van der Waals surface area (Å²) < 4.78 is 49.1. The van der Waals surface area contributed by atoms with Crippen molar-refractivity contribution in [2.45, 2.75) is 11.3 Å². The van der Waals surface area contributed by atoms with Crippen LogP contribution in [0.2, 0.25) is 0 Å². The molecule has 28 heavy (non-hydrogen) atoms. The number of carbonyl (C=O) groups excluding carboxylic acids is 1. The van der Waals surface area contributed by atoms with Gasteiger partial charge in [0.2, 0.25) is 0 Å². The average Bonchev–Trinajstić information content (AvgIpc) is 3.13. The maximum absolute atomic E-state index is 13.3. The van der Waals surface area contributed by atoms with Crippen LogP contribution in [-0.2, 0) is 14.6 Å². The molecule has 1 N–H and O–H groups in total. The van der Waals surface area contributed by atoms with Crippen LogP contribution in [0.1, 0.15) is 16.8 Å². The molecular weight excluding hydrogens is 405 g/mol. The number of hydrogen-bond donors (Lipinski definition) is 1. The van der Waals surface area contributed by atoms with Gasteiger partial charge in [0, 0.05) is 12.3 Å². The highest BCUT2D eigenvalue weighted by molar-refractivity contribution is 7.91. The quantitative estimate of drug-likeness (QED) is 0.766. The zero-order valence-electron chi connectivity index (χ0n) is 15.3. The SMILES string of the molecule is COc1ccc(S(=O)(=O)C[C@H]2CCOC2)cc1C(=O)Nc1cccc(F)c1.S. The first-order chi connectivity index (χ1) is 12.9. The first kappa shape index (κ1) is 22.2. The Balaban J connectivity index is 0.00000280. The highest BCUT2D eigenvalue weighted by Gasteiger charge is 2.26. The number of methoxy groups -OCH3 is 1. The normalized spacial score (nSPS) is 16.3. The van der Waals surface area contributed by atoms with E-state index in [2.05, 4.69) is 5.32 Å². The third-order valence-electron chi connectivity index (χ3n) is 4.34. The summed E-state index contributed by atoms with van der Waals surface area (Å²) in [6, 6.07) is 9.59. The van der Waals surface area contributed by atoms with Crippen molar-refractivity contribution in [2.24, 2.45) is 5.92 Å². The molecule has 152 valence electrons. The van der Waals surface area contributed by atoms with Crippen LogP contribution in [0.15, 0.2) is 47.4 Å². The van der Waals surface area contributed by atoms with E-state index < -0.39 is 21.6 Å². The number of amides is 1. The second-order valence-corrected chi connectivity index (χ2v) is 8.37. The zero-order valence-corrected chi connectivity index (χ0v) is 17.1. The van der Waals surface area contributed by atoms with Crippen LogP contribution in [-0.4, -0.2) is 40.4 Å². The first-order valence-electron chi connectivity index (χ1n) is 8.44. The molecule has 1 atom stereocenters. The summed E-state index contributed by atoms with van der Waals surface area (Å²) in [6.07, 6.45) is 0.697. The molecule has 1 saturated heterocycles. The van der Waals surface area contributed by atoms with Gasteiger partial charge in [0.15, 0.2) is 9.84 Å². The van der Waals surface area contributed by atoms with Gasteiger partial charge in [-0.25, -0.2) is 12.8 Å². The molecule has 1 aliphatic heterocycles. The Kier molecular flexibility index (Phi) is 7.45. The molecule has 2 aromatic carbocycles. The van der Waals surface area contributed by atoms with E-state index in [0.29, 0.717) is 19.6 Å². The molecule has 0 unspecified atom stereocenters. The number of rotatable bonds is 6. The number of nitrogens with one attached hydrogen (secondary N) is 1. The molecule has 6 nitrogen and oxygen atoms in total. The Labute approximate surface area is 170 Å². The molecule has 1 amide bonds. The summed E-state index contributed by atoms with van der Waals surface area (Å²) in [7, 11) is -2.19. The van der Waals surface area contributed by atoms with Crippen LogP contribution in [0, 0.1) is 11.7 Å². The van der Waals surface area contributed by atoms with Gasteiger partial charge in [-0.15, -0.1) is 0 Å². The third kappa shape index (κ3) is 5.24. The van der Waals surface area contributed by atoms with Gasteiger partial charge < -0.3 is 14.8 Å². The summed E-state index contributed by atoms with van der Waals surface area (Å²) in [6.45, 7) is 0.979.